The average molecular weight is 348 g/mol. The minimum atomic E-state index is -0.578. The van der Waals surface area contributed by atoms with E-state index in [1.807, 2.05) is 32.9 Å². The molecule has 0 amide bonds. The van der Waals surface area contributed by atoms with Crippen LogP contribution in [0, 0.1) is 0 Å². The number of rotatable bonds is 4. The standard InChI is InChI=1S/C13H16O2.C6H8O4/c1-5-10-6-8-11(9-7-10)12(14)15-13(2,3)4;1-9-5(7)3-4-6(8)10-2/h5-9H,1H2,2-4H3;3-4H,1-2H3/b;4-3-. The van der Waals surface area contributed by atoms with Crippen LogP contribution in [0.25, 0.3) is 6.08 Å². The Labute approximate surface area is 148 Å². The van der Waals surface area contributed by atoms with Crippen molar-refractivity contribution in [1.29, 1.82) is 0 Å². The second kappa shape index (κ2) is 10.8. The summed E-state index contributed by atoms with van der Waals surface area (Å²) in [5.41, 5.74) is 1.10. The van der Waals surface area contributed by atoms with Gasteiger partial charge in [-0.1, -0.05) is 24.8 Å². The van der Waals surface area contributed by atoms with Crippen molar-refractivity contribution in [2.75, 3.05) is 14.2 Å². The van der Waals surface area contributed by atoms with Crippen LogP contribution in [0.4, 0.5) is 0 Å². The zero-order valence-corrected chi connectivity index (χ0v) is 15.2. The first-order valence-corrected chi connectivity index (χ1v) is 7.42. The van der Waals surface area contributed by atoms with Crippen LogP contribution in [-0.2, 0) is 23.8 Å². The summed E-state index contributed by atoms with van der Waals surface area (Å²) < 4.78 is 13.7. The van der Waals surface area contributed by atoms with Crippen molar-refractivity contribution < 1.29 is 28.6 Å². The molecule has 0 bridgehead atoms. The summed E-state index contributed by atoms with van der Waals surface area (Å²) in [7, 11) is 2.45. The number of hydrogen-bond acceptors (Lipinski definition) is 6. The van der Waals surface area contributed by atoms with Gasteiger partial charge in [0.15, 0.2) is 0 Å². The van der Waals surface area contributed by atoms with Crippen molar-refractivity contribution in [2.24, 2.45) is 0 Å². The molecule has 0 fully saturated rings. The molecule has 25 heavy (non-hydrogen) atoms. The molecule has 0 atom stereocenters. The van der Waals surface area contributed by atoms with E-state index in [0.29, 0.717) is 5.56 Å². The monoisotopic (exact) mass is 348 g/mol. The molecule has 0 N–H and O–H groups in total. The van der Waals surface area contributed by atoms with E-state index in [9.17, 15) is 14.4 Å². The maximum atomic E-state index is 11.6. The SMILES string of the molecule is C=Cc1ccc(C(=O)OC(C)(C)C)cc1.COC(=O)/C=C\C(=O)OC. The van der Waals surface area contributed by atoms with E-state index >= 15 is 0 Å². The first kappa shape index (κ1) is 22.1. The molecule has 0 aliphatic carbocycles. The predicted molar refractivity (Wildman–Crippen MR) is 94.9 cm³/mol. The van der Waals surface area contributed by atoms with Gasteiger partial charge in [-0.05, 0) is 38.5 Å². The van der Waals surface area contributed by atoms with E-state index in [1.165, 1.54) is 14.2 Å². The molecule has 1 rings (SSSR count). The molecule has 6 nitrogen and oxygen atoms in total. The summed E-state index contributed by atoms with van der Waals surface area (Å²) in [6.45, 7) is 9.20. The molecule has 136 valence electrons. The van der Waals surface area contributed by atoms with Crippen molar-refractivity contribution in [2.45, 2.75) is 26.4 Å². The number of benzene rings is 1. The topological polar surface area (TPSA) is 78.9 Å². The second-order valence-electron chi connectivity index (χ2n) is 5.71. The van der Waals surface area contributed by atoms with Gasteiger partial charge in [0.1, 0.15) is 5.60 Å². The van der Waals surface area contributed by atoms with Crippen LogP contribution < -0.4 is 0 Å². The Morgan fingerprint density at radius 3 is 1.68 bits per heavy atom. The Balaban J connectivity index is 0.000000504. The molecule has 0 saturated carbocycles. The largest absolute Gasteiger partial charge is 0.466 e. The number of methoxy groups -OCH3 is 2. The molecule has 0 aromatic heterocycles. The molecule has 0 radical (unpaired) electrons. The first-order valence-electron chi connectivity index (χ1n) is 7.42. The number of carbonyl (C=O) groups excluding carboxylic acids is 3. The van der Waals surface area contributed by atoms with E-state index in [1.54, 1.807) is 18.2 Å². The lowest BCUT2D eigenvalue weighted by Gasteiger charge is -2.19. The predicted octanol–water partition coefficient (Wildman–Crippen LogP) is 3.17. The first-order chi connectivity index (χ1) is 11.6. The summed E-state index contributed by atoms with van der Waals surface area (Å²) in [6, 6.07) is 7.16. The van der Waals surface area contributed by atoms with Crippen molar-refractivity contribution in [3.63, 3.8) is 0 Å². The van der Waals surface area contributed by atoms with Gasteiger partial charge in [-0.3, -0.25) is 0 Å². The summed E-state index contributed by atoms with van der Waals surface area (Å²) in [5.74, 6) is -1.45. The van der Waals surface area contributed by atoms with Gasteiger partial charge < -0.3 is 14.2 Å². The summed E-state index contributed by atoms with van der Waals surface area (Å²) >= 11 is 0. The zero-order valence-electron chi connectivity index (χ0n) is 15.2. The molecule has 6 heteroatoms. The highest BCUT2D eigenvalue weighted by Crippen LogP contribution is 2.13. The molecule has 0 aliphatic heterocycles. The van der Waals surface area contributed by atoms with Crippen LogP contribution in [-0.4, -0.2) is 37.7 Å². The Morgan fingerprint density at radius 2 is 1.36 bits per heavy atom. The highest BCUT2D eigenvalue weighted by atomic mass is 16.6. The Hall–Kier alpha value is -2.89. The number of hydrogen-bond donors (Lipinski definition) is 0. The van der Waals surface area contributed by atoms with Crippen molar-refractivity contribution in [1.82, 2.24) is 0 Å². The van der Waals surface area contributed by atoms with Gasteiger partial charge >= 0.3 is 17.9 Å². The van der Waals surface area contributed by atoms with Gasteiger partial charge in [-0.2, -0.15) is 0 Å². The van der Waals surface area contributed by atoms with Crippen molar-refractivity contribution >= 4 is 24.0 Å². The highest BCUT2D eigenvalue weighted by Gasteiger charge is 2.17. The normalized spacial score (nSPS) is 10.3. The molecule has 1 aromatic carbocycles. The van der Waals surface area contributed by atoms with Crippen LogP contribution in [0.1, 0.15) is 36.7 Å². The summed E-state index contributed by atoms with van der Waals surface area (Å²) in [6.07, 6.45) is 3.72. The van der Waals surface area contributed by atoms with E-state index in [0.717, 1.165) is 17.7 Å². The lowest BCUT2D eigenvalue weighted by atomic mass is 10.1. The van der Waals surface area contributed by atoms with Gasteiger partial charge in [-0.15, -0.1) is 0 Å². The molecular formula is C19H24O6. The molecule has 0 heterocycles. The van der Waals surface area contributed by atoms with Gasteiger partial charge in [0.25, 0.3) is 0 Å². The second-order valence-corrected chi connectivity index (χ2v) is 5.71. The van der Waals surface area contributed by atoms with Crippen LogP contribution in [0.15, 0.2) is 43.0 Å². The van der Waals surface area contributed by atoms with E-state index in [-0.39, 0.29) is 5.97 Å². The Bertz CT molecular complexity index is 602. The van der Waals surface area contributed by atoms with Gasteiger partial charge in [0.2, 0.25) is 0 Å². The minimum absolute atomic E-state index is 0.293. The fourth-order valence-corrected chi connectivity index (χ4v) is 1.36. The fraction of sp³-hybridized carbons (Fsp3) is 0.316. The molecule has 0 spiro atoms. The van der Waals surface area contributed by atoms with Crippen LogP contribution in [0.3, 0.4) is 0 Å². The van der Waals surface area contributed by atoms with Gasteiger partial charge in [-0.25, -0.2) is 14.4 Å². The third kappa shape index (κ3) is 10.5. The number of ether oxygens (including phenoxy) is 3. The van der Waals surface area contributed by atoms with E-state index < -0.39 is 17.5 Å². The molecule has 1 aromatic rings. The molecule has 0 saturated heterocycles. The van der Waals surface area contributed by atoms with Gasteiger partial charge in [0.05, 0.1) is 19.8 Å². The smallest absolute Gasteiger partial charge is 0.338 e. The van der Waals surface area contributed by atoms with E-state index in [2.05, 4.69) is 16.1 Å². The maximum absolute atomic E-state index is 11.6. The third-order valence-corrected chi connectivity index (χ3v) is 2.54. The fourth-order valence-electron chi connectivity index (χ4n) is 1.36. The highest BCUT2D eigenvalue weighted by molar-refractivity contribution is 5.91. The zero-order chi connectivity index (χ0) is 19.5. The average Bonchev–Trinajstić information content (AvgIpc) is 2.58. The molecule has 0 aliphatic rings. The third-order valence-electron chi connectivity index (χ3n) is 2.54. The van der Waals surface area contributed by atoms with Crippen molar-refractivity contribution in [3.05, 3.63) is 54.1 Å². The van der Waals surface area contributed by atoms with Gasteiger partial charge in [0, 0.05) is 12.2 Å². The number of esters is 3. The lowest BCUT2D eigenvalue weighted by Crippen LogP contribution is -2.23. The minimum Gasteiger partial charge on any atom is -0.466 e. The summed E-state index contributed by atoms with van der Waals surface area (Å²) in [4.78, 5) is 32.2. The van der Waals surface area contributed by atoms with Crippen LogP contribution >= 0.6 is 0 Å². The summed E-state index contributed by atoms with van der Waals surface area (Å²) in [5, 5.41) is 0. The van der Waals surface area contributed by atoms with Crippen LogP contribution in [0.5, 0.6) is 0 Å². The van der Waals surface area contributed by atoms with E-state index in [4.69, 9.17) is 4.74 Å². The quantitative estimate of drug-likeness (QED) is 0.472. The Morgan fingerprint density at radius 1 is 0.920 bits per heavy atom. The molecule has 0 unspecified atom stereocenters. The Kier molecular flexibility index (Phi) is 9.56. The van der Waals surface area contributed by atoms with Crippen LogP contribution in [0.2, 0.25) is 0 Å². The lowest BCUT2D eigenvalue weighted by molar-refractivity contribution is -0.137. The maximum Gasteiger partial charge on any atom is 0.338 e. The number of carbonyl (C=O) groups is 3. The van der Waals surface area contributed by atoms with Crippen molar-refractivity contribution in [3.8, 4) is 0 Å². The molecular weight excluding hydrogens is 324 g/mol.